The lowest BCUT2D eigenvalue weighted by Crippen LogP contribution is -2.29. The summed E-state index contributed by atoms with van der Waals surface area (Å²) in [6, 6.07) is 8.02. The minimum atomic E-state index is 0.176. The molecule has 0 heterocycles. The lowest BCUT2D eigenvalue weighted by atomic mass is 10.1. The third-order valence-corrected chi connectivity index (χ3v) is 3.65. The molecular formula is C13H16BrNO. The van der Waals surface area contributed by atoms with Crippen LogP contribution in [0.1, 0.15) is 25.3 Å². The summed E-state index contributed by atoms with van der Waals surface area (Å²) in [6.07, 6.45) is 2.43. The highest BCUT2D eigenvalue weighted by Crippen LogP contribution is 2.36. The van der Waals surface area contributed by atoms with Gasteiger partial charge in [0, 0.05) is 16.9 Å². The van der Waals surface area contributed by atoms with Crippen LogP contribution in [0.2, 0.25) is 0 Å². The third kappa shape index (κ3) is 3.08. The maximum absolute atomic E-state index is 11.7. The zero-order valence-corrected chi connectivity index (χ0v) is 11.0. The van der Waals surface area contributed by atoms with Gasteiger partial charge in [-0.25, -0.2) is 0 Å². The van der Waals surface area contributed by atoms with Crippen LogP contribution in [0.25, 0.3) is 0 Å². The van der Waals surface area contributed by atoms with Gasteiger partial charge >= 0.3 is 0 Å². The van der Waals surface area contributed by atoms with Crippen molar-refractivity contribution in [3.05, 3.63) is 34.3 Å². The van der Waals surface area contributed by atoms with E-state index in [1.54, 1.807) is 0 Å². The maximum atomic E-state index is 11.7. The molecule has 2 nitrogen and oxygen atoms in total. The number of rotatable bonds is 4. The second kappa shape index (κ2) is 5.00. The van der Waals surface area contributed by atoms with Gasteiger partial charge in [-0.15, -0.1) is 0 Å². The first-order chi connectivity index (χ1) is 7.66. The van der Waals surface area contributed by atoms with E-state index in [-0.39, 0.29) is 11.8 Å². The van der Waals surface area contributed by atoms with Crippen LogP contribution < -0.4 is 5.32 Å². The predicted molar refractivity (Wildman–Crippen MR) is 67.9 cm³/mol. The molecule has 2 rings (SSSR count). The quantitative estimate of drug-likeness (QED) is 0.903. The molecule has 3 heteroatoms. The molecule has 1 atom stereocenters. The van der Waals surface area contributed by atoms with E-state index in [2.05, 4.69) is 21.2 Å². The Morgan fingerprint density at radius 2 is 2.06 bits per heavy atom. The van der Waals surface area contributed by atoms with Gasteiger partial charge in [0.15, 0.2) is 0 Å². The lowest BCUT2D eigenvalue weighted by Gasteiger charge is -2.10. The zero-order chi connectivity index (χ0) is 11.5. The molecule has 0 aromatic heterocycles. The number of nitrogens with one attached hydrogen (secondary N) is 1. The molecule has 1 aliphatic rings. The predicted octanol–water partition coefficient (Wildman–Crippen LogP) is 3.11. The summed E-state index contributed by atoms with van der Waals surface area (Å²) in [4.78, 5) is 11.7. The number of amides is 1. The van der Waals surface area contributed by atoms with Gasteiger partial charge in [0.1, 0.15) is 0 Å². The fourth-order valence-corrected chi connectivity index (χ4v) is 2.03. The summed E-state index contributed by atoms with van der Waals surface area (Å²) >= 11 is 3.39. The van der Waals surface area contributed by atoms with E-state index in [0.717, 1.165) is 10.0 Å². The van der Waals surface area contributed by atoms with Crippen LogP contribution >= 0.6 is 15.9 Å². The molecule has 1 aromatic rings. The van der Waals surface area contributed by atoms with E-state index in [9.17, 15) is 4.79 Å². The van der Waals surface area contributed by atoms with E-state index in [1.165, 1.54) is 12.8 Å². The average Bonchev–Trinajstić information content (AvgIpc) is 3.11. The SMILES string of the molecule is CC(C(=O)NCc1ccc(Br)cc1)C1CC1. The van der Waals surface area contributed by atoms with Gasteiger partial charge in [-0.3, -0.25) is 4.79 Å². The van der Waals surface area contributed by atoms with Crippen molar-refractivity contribution in [1.29, 1.82) is 0 Å². The van der Waals surface area contributed by atoms with E-state index in [4.69, 9.17) is 0 Å². The van der Waals surface area contributed by atoms with Crippen LogP contribution in [0.3, 0.4) is 0 Å². The zero-order valence-electron chi connectivity index (χ0n) is 9.37. The van der Waals surface area contributed by atoms with Crippen molar-refractivity contribution < 1.29 is 4.79 Å². The fraction of sp³-hybridized carbons (Fsp3) is 0.462. The van der Waals surface area contributed by atoms with Crippen LogP contribution in [0.5, 0.6) is 0 Å². The summed E-state index contributed by atoms with van der Waals surface area (Å²) in [5.74, 6) is 0.991. The Balaban J connectivity index is 1.82. The first kappa shape index (κ1) is 11.6. The van der Waals surface area contributed by atoms with Crippen LogP contribution in [0.4, 0.5) is 0 Å². The molecule has 1 amide bonds. The standard InChI is InChI=1S/C13H16BrNO/c1-9(11-4-5-11)13(16)15-8-10-2-6-12(14)7-3-10/h2-3,6-7,9,11H,4-5,8H2,1H3,(H,15,16). The summed E-state index contributed by atoms with van der Waals surface area (Å²) in [6.45, 7) is 2.65. The molecule has 0 spiro atoms. The Morgan fingerprint density at radius 3 is 2.62 bits per heavy atom. The van der Waals surface area contributed by atoms with E-state index in [1.807, 2.05) is 31.2 Å². The number of halogens is 1. The van der Waals surface area contributed by atoms with Crippen molar-refractivity contribution in [3.63, 3.8) is 0 Å². The molecule has 16 heavy (non-hydrogen) atoms. The smallest absolute Gasteiger partial charge is 0.223 e. The van der Waals surface area contributed by atoms with Gasteiger partial charge in [0.05, 0.1) is 0 Å². The van der Waals surface area contributed by atoms with Crippen LogP contribution in [-0.4, -0.2) is 5.91 Å². The second-order valence-electron chi connectivity index (χ2n) is 4.47. The van der Waals surface area contributed by atoms with Gasteiger partial charge < -0.3 is 5.32 Å². The molecule has 0 aliphatic heterocycles. The van der Waals surface area contributed by atoms with Gasteiger partial charge in [0.25, 0.3) is 0 Å². The summed E-state index contributed by atoms with van der Waals surface area (Å²) in [5, 5.41) is 2.99. The van der Waals surface area contributed by atoms with Crippen molar-refractivity contribution in [3.8, 4) is 0 Å². The van der Waals surface area contributed by atoms with E-state index >= 15 is 0 Å². The molecule has 1 aromatic carbocycles. The first-order valence-electron chi connectivity index (χ1n) is 5.69. The third-order valence-electron chi connectivity index (χ3n) is 3.12. The highest BCUT2D eigenvalue weighted by atomic mass is 79.9. The number of hydrogen-bond donors (Lipinski definition) is 1. The number of benzene rings is 1. The van der Waals surface area contributed by atoms with Crippen molar-refractivity contribution in [2.75, 3.05) is 0 Å². The van der Waals surface area contributed by atoms with Crippen LogP contribution in [-0.2, 0) is 11.3 Å². The average molecular weight is 282 g/mol. The minimum Gasteiger partial charge on any atom is -0.352 e. The van der Waals surface area contributed by atoms with Crippen molar-refractivity contribution in [2.24, 2.45) is 11.8 Å². The van der Waals surface area contributed by atoms with Gasteiger partial charge in [-0.05, 0) is 36.5 Å². The Bertz CT molecular complexity index is 370. The molecule has 0 bridgehead atoms. The van der Waals surface area contributed by atoms with Crippen molar-refractivity contribution in [2.45, 2.75) is 26.3 Å². The van der Waals surface area contributed by atoms with Crippen LogP contribution in [0.15, 0.2) is 28.7 Å². The van der Waals surface area contributed by atoms with Crippen LogP contribution in [0, 0.1) is 11.8 Å². The molecule has 1 aliphatic carbocycles. The number of carbonyl (C=O) groups is 1. The Morgan fingerprint density at radius 1 is 1.44 bits per heavy atom. The number of hydrogen-bond acceptors (Lipinski definition) is 1. The van der Waals surface area contributed by atoms with Crippen molar-refractivity contribution in [1.82, 2.24) is 5.32 Å². The molecule has 86 valence electrons. The molecule has 1 N–H and O–H groups in total. The maximum Gasteiger partial charge on any atom is 0.223 e. The molecule has 0 radical (unpaired) electrons. The highest BCUT2D eigenvalue weighted by molar-refractivity contribution is 9.10. The summed E-state index contributed by atoms with van der Waals surface area (Å²) in [5.41, 5.74) is 1.14. The normalized spacial score (nSPS) is 16.9. The van der Waals surface area contributed by atoms with Gasteiger partial charge in [-0.2, -0.15) is 0 Å². The van der Waals surface area contributed by atoms with E-state index < -0.39 is 0 Å². The Hall–Kier alpha value is -0.830. The monoisotopic (exact) mass is 281 g/mol. The van der Waals surface area contributed by atoms with Crippen molar-refractivity contribution >= 4 is 21.8 Å². The molecule has 1 fully saturated rings. The van der Waals surface area contributed by atoms with Gasteiger partial charge in [0.2, 0.25) is 5.91 Å². The van der Waals surface area contributed by atoms with E-state index in [0.29, 0.717) is 12.5 Å². The largest absolute Gasteiger partial charge is 0.352 e. The Labute approximate surface area is 105 Å². The Kier molecular flexibility index (Phi) is 3.64. The summed E-state index contributed by atoms with van der Waals surface area (Å²) in [7, 11) is 0. The fourth-order valence-electron chi connectivity index (χ4n) is 1.76. The lowest BCUT2D eigenvalue weighted by molar-refractivity contribution is -0.125. The topological polar surface area (TPSA) is 29.1 Å². The number of carbonyl (C=O) groups excluding carboxylic acids is 1. The summed E-state index contributed by atoms with van der Waals surface area (Å²) < 4.78 is 1.06. The molecule has 0 saturated heterocycles. The molecular weight excluding hydrogens is 266 g/mol. The first-order valence-corrected chi connectivity index (χ1v) is 6.48. The molecule has 1 unspecified atom stereocenters. The minimum absolute atomic E-state index is 0.176. The second-order valence-corrected chi connectivity index (χ2v) is 5.39. The molecule has 1 saturated carbocycles. The van der Waals surface area contributed by atoms with Gasteiger partial charge in [-0.1, -0.05) is 35.0 Å². The highest BCUT2D eigenvalue weighted by Gasteiger charge is 2.32.